The van der Waals surface area contributed by atoms with Gasteiger partial charge in [-0.3, -0.25) is 4.79 Å². The molecule has 0 aliphatic carbocycles. The zero-order valence-corrected chi connectivity index (χ0v) is 12.6. The number of amides is 2. The van der Waals surface area contributed by atoms with Crippen LogP contribution in [0.5, 0.6) is 0 Å². The van der Waals surface area contributed by atoms with Gasteiger partial charge < -0.3 is 15.3 Å². The highest BCUT2D eigenvalue weighted by molar-refractivity contribution is 9.10. The van der Waals surface area contributed by atoms with E-state index in [1.54, 1.807) is 4.90 Å². The maximum atomic E-state index is 12.1. The van der Waals surface area contributed by atoms with Crippen LogP contribution in [-0.2, 0) is 11.3 Å². The number of nitrogens with one attached hydrogen (secondary N) is 1. The molecule has 0 aromatic heterocycles. The normalized spacial score (nSPS) is 18.6. The standard InChI is InChI=1S/C14H17BrN2O3/c15-12-6-2-1-4-10(12)8-16-14(20)17-7-3-5-11(9-17)13(18)19/h1-2,4,6,11H,3,5,7-9H2,(H,16,20)(H,18,19)/t11-/m0/s1. The summed E-state index contributed by atoms with van der Waals surface area (Å²) in [6.45, 7) is 1.33. The Morgan fingerprint density at radius 1 is 1.40 bits per heavy atom. The van der Waals surface area contributed by atoms with Crippen LogP contribution in [0.4, 0.5) is 4.79 Å². The maximum Gasteiger partial charge on any atom is 0.317 e. The Morgan fingerprint density at radius 3 is 2.85 bits per heavy atom. The highest BCUT2D eigenvalue weighted by Crippen LogP contribution is 2.18. The van der Waals surface area contributed by atoms with Crippen molar-refractivity contribution in [2.24, 2.45) is 5.92 Å². The first-order valence-corrected chi connectivity index (χ1v) is 7.36. The smallest absolute Gasteiger partial charge is 0.317 e. The summed E-state index contributed by atoms with van der Waals surface area (Å²) < 4.78 is 0.947. The highest BCUT2D eigenvalue weighted by atomic mass is 79.9. The third-order valence-corrected chi connectivity index (χ3v) is 4.22. The molecule has 1 aliphatic heterocycles. The third-order valence-electron chi connectivity index (χ3n) is 3.45. The topological polar surface area (TPSA) is 69.6 Å². The molecule has 20 heavy (non-hydrogen) atoms. The van der Waals surface area contributed by atoms with Gasteiger partial charge in [0.05, 0.1) is 5.92 Å². The molecule has 1 heterocycles. The average molecular weight is 341 g/mol. The molecule has 1 fully saturated rings. The average Bonchev–Trinajstić information content (AvgIpc) is 2.46. The van der Waals surface area contributed by atoms with Gasteiger partial charge in [-0.1, -0.05) is 34.1 Å². The SMILES string of the molecule is O=C(O)[C@H]1CCCN(C(=O)NCc2ccccc2Br)C1. The van der Waals surface area contributed by atoms with Gasteiger partial charge in [0.25, 0.3) is 0 Å². The van der Waals surface area contributed by atoms with Crippen LogP contribution in [0.15, 0.2) is 28.7 Å². The minimum absolute atomic E-state index is 0.202. The molecule has 0 spiro atoms. The molecule has 1 atom stereocenters. The Labute approximate surface area is 126 Å². The Bertz CT molecular complexity index is 507. The lowest BCUT2D eigenvalue weighted by Gasteiger charge is -2.30. The second kappa shape index (κ2) is 6.74. The van der Waals surface area contributed by atoms with Crippen molar-refractivity contribution in [2.75, 3.05) is 13.1 Å². The van der Waals surface area contributed by atoms with Crippen LogP contribution in [-0.4, -0.2) is 35.1 Å². The van der Waals surface area contributed by atoms with Gasteiger partial charge >= 0.3 is 12.0 Å². The van der Waals surface area contributed by atoms with Crippen molar-refractivity contribution in [2.45, 2.75) is 19.4 Å². The molecule has 0 unspecified atom stereocenters. The maximum absolute atomic E-state index is 12.1. The zero-order chi connectivity index (χ0) is 14.5. The second-order valence-electron chi connectivity index (χ2n) is 4.87. The monoisotopic (exact) mass is 340 g/mol. The van der Waals surface area contributed by atoms with Gasteiger partial charge in [0.1, 0.15) is 0 Å². The number of rotatable bonds is 3. The molecule has 1 aromatic carbocycles. The third kappa shape index (κ3) is 3.72. The van der Waals surface area contributed by atoms with E-state index >= 15 is 0 Å². The van der Waals surface area contributed by atoms with Crippen LogP contribution in [0.2, 0.25) is 0 Å². The van der Waals surface area contributed by atoms with Crippen LogP contribution in [0.3, 0.4) is 0 Å². The van der Waals surface area contributed by atoms with Crippen molar-refractivity contribution in [3.05, 3.63) is 34.3 Å². The van der Waals surface area contributed by atoms with Crippen molar-refractivity contribution in [1.82, 2.24) is 10.2 Å². The fourth-order valence-corrected chi connectivity index (χ4v) is 2.71. The molecule has 0 bridgehead atoms. The molecule has 2 N–H and O–H groups in total. The van der Waals surface area contributed by atoms with Gasteiger partial charge in [-0.05, 0) is 24.5 Å². The Kier molecular flexibility index (Phi) is 5.00. The quantitative estimate of drug-likeness (QED) is 0.887. The number of hydrogen-bond acceptors (Lipinski definition) is 2. The number of hydrogen-bond donors (Lipinski definition) is 2. The highest BCUT2D eigenvalue weighted by Gasteiger charge is 2.27. The second-order valence-corrected chi connectivity index (χ2v) is 5.73. The van der Waals surface area contributed by atoms with Crippen LogP contribution in [0, 0.1) is 5.92 Å². The summed E-state index contributed by atoms with van der Waals surface area (Å²) in [4.78, 5) is 24.6. The van der Waals surface area contributed by atoms with Crippen LogP contribution < -0.4 is 5.32 Å². The van der Waals surface area contributed by atoms with Crippen molar-refractivity contribution >= 4 is 27.9 Å². The summed E-state index contributed by atoms with van der Waals surface area (Å²) in [6, 6.07) is 7.47. The van der Waals surface area contributed by atoms with Gasteiger partial charge in [0, 0.05) is 24.1 Å². The summed E-state index contributed by atoms with van der Waals surface area (Å²) in [6.07, 6.45) is 1.38. The van der Waals surface area contributed by atoms with E-state index in [9.17, 15) is 9.59 Å². The largest absolute Gasteiger partial charge is 0.481 e. The number of aliphatic carboxylic acids is 1. The van der Waals surface area contributed by atoms with Crippen molar-refractivity contribution < 1.29 is 14.7 Å². The molecule has 2 rings (SSSR count). The van der Waals surface area contributed by atoms with Crippen molar-refractivity contribution in [3.8, 4) is 0 Å². The first kappa shape index (κ1) is 14.8. The molecule has 1 aromatic rings. The van der Waals surface area contributed by atoms with Crippen LogP contribution in [0.25, 0.3) is 0 Å². The molecule has 108 valence electrons. The molecule has 0 radical (unpaired) electrons. The number of carboxylic acid groups (broad SMARTS) is 1. The Morgan fingerprint density at radius 2 is 2.15 bits per heavy atom. The summed E-state index contributed by atoms with van der Waals surface area (Å²) in [5.74, 6) is -1.27. The van der Waals surface area contributed by atoms with E-state index in [0.29, 0.717) is 19.5 Å². The summed E-state index contributed by atoms with van der Waals surface area (Å²) in [5, 5.41) is 11.9. The number of benzene rings is 1. The van der Waals surface area contributed by atoms with E-state index in [4.69, 9.17) is 5.11 Å². The van der Waals surface area contributed by atoms with Crippen molar-refractivity contribution in [1.29, 1.82) is 0 Å². The fourth-order valence-electron chi connectivity index (χ4n) is 2.29. The minimum atomic E-state index is -0.826. The number of urea groups is 1. The lowest BCUT2D eigenvalue weighted by atomic mass is 9.99. The van der Waals surface area contributed by atoms with E-state index in [-0.39, 0.29) is 12.6 Å². The van der Waals surface area contributed by atoms with Gasteiger partial charge in [0.2, 0.25) is 0 Å². The van der Waals surface area contributed by atoms with E-state index in [2.05, 4.69) is 21.2 Å². The number of carbonyl (C=O) groups is 2. The zero-order valence-electron chi connectivity index (χ0n) is 11.0. The first-order valence-electron chi connectivity index (χ1n) is 6.57. The van der Waals surface area contributed by atoms with Gasteiger partial charge in [-0.25, -0.2) is 4.79 Å². The summed E-state index contributed by atoms with van der Waals surface area (Å²) in [7, 11) is 0. The number of piperidine rings is 1. The molecule has 6 heteroatoms. The minimum Gasteiger partial charge on any atom is -0.481 e. The predicted molar refractivity (Wildman–Crippen MR) is 78.3 cm³/mol. The number of nitrogens with zero attached hydrogens (tertiary/aromatic N) is 1. The van der Waals surface area contributed by atoms with Crippen LogP contribution in [0.1, 0.15) is 18.4 Å². The fraction of sp³-hybridized carbons (Fsp3) is 0.429. The van der Waals surface area contributed by atoms with E-state index in [1.165, 1.54) is 0 Å². The molecule has 0 saturated carbocycles. The van der Waals surface area contributed by atoms with Crippen LogP contribution >= 0.6 is 15.9 Å². The number of carbonyl (C=O) groups excluding carboxylic acids is 1. The lowest BCUT2D eigenvalue weighted by Crippen LogP contribution is -2.46. The molecule has 1 saturated heterocycles. The van der Waals surface area contributed by atoms with Crippen molar-refractivity contribution in [3.63, 3.8) is 0 Å². The van der Waals surface area contributed by atoms with Gasteiger partial charge in [-0.15, -0.1) is 0 Å². The molecular formula is C14H17BrN2O3. The number of halogens is 1. The first-order chi connectivity index (χ1) is 9.58. The molecule has 1 aliphatic rings. The summed E-state index contributed by atoms with van der Waals surface area (Å²) in [5.41, 5.74) is 0.993. The van der Waals surface area contributed by atoms with E-state index in [0.717, 1.165) is 16.5 Å². The van der Waals surface area contributed by atoms with E-state index < -0.39 is 11.9 Å². The lowest BCUT2D eigenvalue weighted by molar-refractivity contribution is -0.143. The number of carboxylic acids is 1. The molecule has 2 amide bonds. The van der Waals surface area contributed by atoms with E-state index in [1.807, 2.05) is 24.3 Å². The summed E-state index contributed by atoms with van der Waals surface area (Å²) >= 11 is 3.43. The van der Waals surface area contributed by atoms with Gasteiger partial charge in [0.15, 0.2) is 0 Å². The molecular weight excluding hydrogens is 324 g/mol. The molecule has 5 nitrogen and oxygen atoms in total. The number of likely N-dealkylation sites (tertiary alicyclic amines) is 1. The Balaban J connectivity index is 1.89. The predicted octanol–water partition coefficient (Wildman–Crippen LogP) is 2.46. The Hall–Kier alpha value is -1.56. The van der Waals surface area contributed by atoms with Gasteiger partial charge in [-0.2, -0.15) is 0 Å².